The van der Waals surface area contributed by atoms with Gasteiger partial charge < -0.3 is 19.9 Å². The molecule has 3 aromatic heterocycles. The number of thioether (sulfide) groups is 1. The van der Waals surface area contributed by atoms with E-state index in [0.29, 0.717) is 28.4 Å². The smallest absolute Gasteiger partial charge is 0.323 e. The number of rotatable bonds is 6. The van der Waals surface area contributed by atoms with Crippen LogP contribution in [0.4, 0.5) is 5.69 Å². The molecule has 4 rings (SSSR count). The van der Waals surface area contributed by atoms with Crippen molar-refractivity contribution in [1.29, 1.82) is 0 Å². The van der Waals surface area contributed by atoms with Crippen molar-refractivity contribution in [3.8, 4) is 10.7 Å². The third-order valence-corrected chi connectivity index (χ3v) is 6.16. The number of thiophene rings is 1. The summed E-state index contributed by atoms with van der Waals surface area (Å²) in [5, 5.41) is 13.8. The summed E-state index contributed by atoms with van der Waals surface area (Å²) in [5.74, 6) is 0.667. The minimum atomic E-state index is -0.369. The fourth-order valence-corrected chi connectivity index (χ4v) is 4.45. The summed E-state index contributed by atoms with van der Waals surface area (Å²) in [4.78, 5) is 30.4. The number of carbonyl (C=O) groups excluding carboxylic acids is 1. The normalized spacial score (nSPS) is 12.4. The van der Waals surface area contributed by atoms with E-state index in [-0.39, 0.29) is 16.8 Å². The number of hydrogen-bond donors (Lipinski definition) is 3. The van der Waals surface area contributed by atoms with Gasteiger partial charge >= 0.3 is 5.69 Å². The molecule has 0 saturated carbocycles. The number of amides is 1. The van der Waals surface area contributed by atoms with Gasteiger partial charge in [-0.25, -0.2) is 4.79 Å². The largest absolute Gasteiger partial charge is 0.325 e. The summed E-state index contributed by atoms with van der Waals surface area (Å²) in [6.07, 6.45) is 0. The van der Waals surface area contributed by atoms with Crippen molar-refractivity contribution in [3.05, 3.63) is 46.2 Å². The van der Waals surface area contributed by atoms with Crippen LogP contribution in [0, 0.1) is 0 Å². The second kappa shape index (κ2) is 7.64. The number of aromatic amines is 2. The van der Waals surface area contributed by atoms with Gasteiger partial charge in [-0.05, 0) is 43.5 Å². The molecule has 0 fully saturated rings. The van der Waals surface area contributed by atoms with Gasteiger partial charge in [-0.3, -0.25) is 4.79 Å². The van der Waals surface area contributed by atoms with Crippen molar-refractivity contribution >= 4 is 45.7 Å². The van der Waals surface area contributed by atoms with E-state index in [0.717, 1.165) is 10.7 Å². The lowest BCUT2D eigenvalue weighted by Crippen LogP contribution is -2.23. The molecule has 0 aliphatic heterocycles. The van der Waals surface area contributed by atoms with E-state index in [2.05, 4.69) is 25.5 Å². The lowest BCUT2D eigenvalue weighted by atomic mass is 10.2. The highest BCUT2D eigenvalue weighted by Gasteiger charge is 2.21. The van der Waals surface area contributed by atoms with Crippen molar-refractivity contribution in [2.75, 3.05) is 5.32 Å². The first kappa shape index (κ1) is 18.5. The average Bonchev–Trinajstić information content (AvgIpc) is 3.39. The fraction of sp³-hybridized carbons (Fsp3) is 0.222. The van der Waals surface area contributed by atoms with Crippen molar-refractivity contribution in [1.82, 2.24) is 24.7 Å². The van der Waals surface area contributed by atoms with Crippen LogP contribution in [0.5, 0.6) is 0 Å². The molecule has 28 heavy (non-hydrogen) atoms. The molecule has 144 valence electrons. The Hall–Kier alpha value is -2.85. The van der Waals surface area contributed by atoms with Crippen LogP contribution >= 0.6 is 23.1 Å². The van der Waals surface area contributed by atoms with Crippen molar-refractivity contribution in [3.63, 3.8) is 0 Å². The minimum Gasteiger partial charge on any atom is -0.325 e. The lowest BCUT2D eigenvalue weighted by Gasteiger charge is -2.12. The van der Waals surface area contributed by atoms with Crippen molar-refractivity contribution in [2.45, 2.75) is 30.8 Å². The van der Waals surface area contributed by atoms with Crippen LogP contribution in [-0.2, 0) is 11.3 Å². The van der Waals surface area contributed by atoms with Gasteiger partial charge in [0.05, 0.1) is 21.2 Å². The van der Waals surface area contributed by atoms with Gasteiger partial charge in [0.1, 0.15) is 0 Å². The monoisotopic (exact) mass is 414 g/mol. The van der Waals surface area contributed by atoms with Crippen LogP contribution in [0.1, 0.15) is 13.8 Å². The summed E-state index contributed by atoms with van der Waals surface area (Å²) in [5.41, 5.74) is 1.69. The van der Waals surface area contributed by atoms with Crippen LogP contribution in [0.2, 0.25) is 0 Å². The molecule has 0 saturated heterocycles. The van der Waals surface area contributed by atoms with E-state index in [1.165, 1.54) is 11.8 Å². The highest BCUT2D eigenvalue weighted by atomic mass is 32.2. The number of H-pyrrole nitrogens is 2. The predicted molar refractivity (Wildman–Crippen MR) is 112 cm³/mol. The van der Waals surface area contributed by atoms with Gasteiger partial charge in [0, 0.05) is 12.2 Å². The Labute approximate surface area is 168 Å². The Balaban J connectivity index is 1.49. The molecule has 0 bridgehead atoms. The zero-order chi connectivity index (χ0) is 19.7. The quantitative estimate of drug-likeness (QED) is 0.420. The average molecular weight is 415 g/mol. The highest BCUT2D eigenvalue weighted by Crippen LogP contribution is 2.29. The summed E-state index contributed by atoms with van der Waals surface area (Å²) >= 11 is 2.97. The summed E-state index contributed by atoms with van der Waals surface area (Å²) in [6.45, 7) is 4.58. The van der Waals surface area contributed by atoms with Gasteiger partial charge in [0.15, 0.2) is 11.0 Å². The van der Waals surface area contributed by atoms with Gasteiger partial charge in [-0.1, -0.05) is 17.8 Å². The molecule has 1 atom stereocenters. The maximum atomic E-state index is 12.6. The van der Waals surface area contributed by atoms with E-state index in [9.17, 15) is 9.59 Å². The molecule has 1 amide bonds. The van der Waals surface area contributed by atoms with E-state index in [1.807, 2.05) is 35.9 Å². The number of nitrogens with one attached hydrogen (secondary N) is 3. The van der Waals surface area contributed by atoms with E-state index < -0.39 is 0 Å². The standard InChI is InChI=1S/C18H18N6O2S2/c1-3-24-15(14-5-4-8-27-14)22-23-18(24)28-10(2)16(25)19-11-6-7-12-13(9-11)21-17(26)20-12/h4-10H,3H2,1-2H3,(H,19,25)(H2,20,21,26)/t10-/m1/s1. The van der Waals surface area contributed by atoms with Crippen LogP contribution in [0.15, 0.2) is 45.7 Å². The molecule has 3 heterocycles. The number of nitrogens with zero attached hydrogens (tertiary/aromatic N) is 3. The summed E-state index contributed by atoms with van der Waals surface area (Å²) in [7, 11) is 0. The van der Waals surface area contributed by atoms with Gasteiger partial charge in [0.2, 0.25) is 5.91 Å². The Morgan fingerprint density at radius 2 is 2.11 bits per heavy atom. The van der Waals surface area contributed by atoms with E-state index in [4.69, 9.17) is 0 Å². The third-order valence-electron chi connectivity index (χ3n) is 4.21. The number of hydrogen-bond acceptors (Lipinski definition) is 6. The Kier molecular flexibility index (Phi) is 5.05. The molecule has 0 spiro atoms. The van der Waals surface area contributed by atoms with Crippen molar-refractivity contribution < 1.29 is 4.79 Å². The predicted octanol–water partition coefficient (Wildman–Crippen LogP) is 3.32. The van der Waals surface area contributed by atoms with Crippen molar-refractivity contribution in [2.24, 2.45) is 0 Å². The summed E-state index contributed by atoms with van der Waals surface area (Å²) < 4.78 is 2.01. The topological polar surface area (TPSA) is 108 Å². The maximum absolute atomic E-state index is 12.6. The number of fused-ring (bicyclic) bond motifs is 1. The number of carbonyl (C=O) groups is 1. The Bertz CT molecular complexity index is 1170. The number of imidazole rings is 1. The van der Waals surface area contributed by atoms with Gasteiger partial charge in [-0.2, -0.15) is 0 Å². The molecule has 0 aliphatic rings. The van der Waals surface area contributed by atoms with Crippen LogP contribution in [-0.4, -0.2) is 35.9 Å². The molecular weight excluding hydrogens is 396 g/mol. The Morgan fingerprint density at radius 1 is 1.29 bits per heavy atom. The molecule has 1 aromatic carbocycles. The van der Waals surface area contributed by atoms with Crippen LogP contribution in [0.25, 0.3) is 21.7 Å². The maximum Gasteiger partial charge on any atom is 0.323 e. The molecule has 8 nitrogen and oxygen atoms in total. The molecule has 0 aliphatic carbocycles. The first-order chi connectivity index (χ1) is 13.5. The third kappa shape index (κ3) is 3.60. The lowest BCUT2D eigenvalue weighted by molar-refractivity contribution is -0.115. The first-order valence-corrected chi connectivity index (χ1v) is 10.5. The minimum absolute atomic E-state index is 0.148. The van der Waals surface area contributed by atoms with E-state index in [1.54, 1.807) is 29.5 Å². The fourth-order valence-electron chi connectivity index (χ4n) is 2.81. The highest BCUT2D eigenvalue weighted by molar-refractivity contribution is 8.00. The number of benzene rings is 1. The molecular formula is C18H18N6O2S2. The SMILES string of the molecule is CCn1c(S[C@H](C)C(=O)Nc2ccc3[nH]c(=O)[nH]c3c2)nnc1-c1cccs1. The number of aromatic nitrogens is 5. The molecule has 4 aromatic rings. The van der Waals surface area contributed by atoms with Crippen LogP contribution < -0.4 is 11.0 Å². The molecule has 0 radical (unpaired) electrons. The van der Waals surface area contributed by atoms with E-state index >= 15 is 0 Å². The van der Waals surface area contributed by atoms with Gasteiger partial charge in [0.25, 0.3) is 0 Å². The summed E-state index contributed by atoms with van der Waals surface area (Å²) in [6, 6.07) is 9.22. The molecule has 0 unspecified atom stereocenters. The second-order valence-corrected chi connectivity index (χ2v) is 8.37. The Morgan fingerprint density at radius 3 is 2.86 bits per heavy atom. The molecule has 10 heteroatoms. The molecule has 3 N–H and O–H groups in total. The first-order valence-electron chi connectivity index (χ1n) is 8.72. The number of anilines is 1. The zero-order valence-electron chi connectivity index (χ0n) is 15.2. The zero-order valence-corrected chi connectivity index (χ0v) is 16.9. The van der Waals surface area contributed by atoms with Gasteiger partial charge in [-0.15, -0.1) is 21.5 Å². The van der Waals surface area contributed by atoms with Crippen LogP contribution in [0.3, 0.4) is 0 Å². The second-order valence-electron chi connectivity index (χ2n) is 6.12.